The standard InChI is InChI=1S/C29H37ClN2O8.C24H29ClN2O6.ClH/c1-7-23(32-27(36)40-28(2,3)4)25(34)37-18-38-26(35)29(5,6)39-22-14-8-19(9-15-22)16-17-31-24(33)20-10-12-21(30)13-11-20;1-4-20(26)22(29)31-15-32-23(30)24(2,3)33-19-11-5-16(6-12-19)13-14-27-21(28)17-7-9-18(25)10-8-17;/h8-15,23H,7,16-18H2,1-6H3,(H,31,33)(H,32,36);5-12,20H,4,13-15,26H2,1-3H3,(H,27,28);1H. The summed E-state index contributed by atoms with van der Waals surface area (Å²) in [7, 11) is 0. The number of benzene rings is 4. The summed E-state index contributed by atoms with van der Waals surface area (Å²) in [5, 5.41) is 9.28. The highest BCUT2D eigenvalue weighted by atomic mass is 35.5. The Morgan fingerprint density at radius 1 is 0.541 bits per heavy atom. The Balaban J connectivity index is 0.000000509. The smallest absolute Gasteiger partial charge is 0.408 e. The molecule has 0 fully saturated rings. The number of rotatable bonds is 23. The van der Waals surface area contributed by atoms with Crippen LogP contribution in [0.2, 0.25) is 10.0 Å². The van der Waals surface area contributed by atoms with Crippen LogP contribution in [0.3, 0.4) is 0 Å². The van der Waals surface area contributed by atoms with Crippen molar-refractivity contribution in [1.29, 1.82) is 0 Å². The maximum absolute atomic E-state index is 12.6. The Morgan fingerprint density at radius 3 is 1.27 bits per heavy atom. The van der Waals surface area contributed by atoms with Gasteiger partial charge in [0, 0.05) is 34.3 Å². The number of carbonyl (C=O) groups is 7. The first-order valence-corrected chi connectivity index (χ1v) is 24.1. The first kappa shape index (κ1) is 63.5. The maximum Gasteiger partial charge on any atom is 0.408 e. The average Bonchev–Trinajstić information content (AvgIpc) is 3.33. The van der Waals surface area contributed by atoms with Crippen LogP contribution in [0.15, 0.2) is 97.1 Å². The molecule has 0 aliphatic carbocycles. The number of hydrogen-bond acceptors (Lipinski definition) is 15. The fourth-order valence-corrected chi connectivity index (χ4v) is 6.20. The van der Waals surface area contributed by atoms with Gasteiger partial charge in [-0.1, -0.05) is 61.3 Å². The molecule has 0 bridgehead atoms. The molecule has 0 aliphatic heterocycles. The first-order chi connectivity index (χ1) is 34.3. The molecule has 74 heavy (non-hydrogen) atoms. The quantitative estimate of drug-likeness (QED) is 0.0309. The van der Waals surface area contributed by atoms with Gasteiger partial charge in [0.05, 0.1) is 0 Å². The van der Waals surface area contributed by atoms with Gasteiger partial charge >= 0.3 is 30.0 Å². The first-order valence-electron chi connectivity index (χ1n) is 23.4. The fraction of sp³-hybridized carbons (Fsp3) is 0.415. The molecule has 3 amide bonds. The lowest BCUT2D eigenvalue weighted by Gasteiger charge is -2.25. The van der Waals surface area contributed by atoms with Gasteiger partial charge in [-0.3, -0.25) is 14.4 Å². The van der Waals surface area contributed by atoms with Crippen molar-refractivity contribution in [2.24, 2.45) is 5.73 Å². The normalized spacial score (nSPS) is 11.8. The minimum atomic E-state index is -1.38. The van der Waals surface area contributed by atoms with Crippen molar-refractivity contribution in [2.45, 2.75) is 117 Å². The van der Waals surface area contributed by atoms with E-state index in [0.29, 0.717) is 65.0 Å². The molecule has 0 saturated carbocycles. The molecule has 0 radical (unpaired) electrons. The van der Waals surface area contributed by atoms with Crippen molar-refractivity contribution in [3.05, 3.63) is 129 Å². The highest BCUT2D eigenvalue weighted by Gasteiger charge is 2.34. The van der Waals surface area contributed by atoms with E-state index in [9.17, 15) is 33.6 Å². The van der Waals surface area contributed by atoms with E-state index in [1.54, 1.807) is 121 Å². The topological polar surface area (TPSA) is 246 Å². The predicted molar refractivity (Wildman–Crippen MR) is 280 cm³/mol. The van der Waals surface area contributed by atoms with Crippen molar-refractivity contribution in [3.63, 3.8) is 0 Å². The molecule has 18 nitrogen and oxygen atoms in total. The van der Waals surface area contributed by atoms with Crippen molar-refractivity contribution < 1.29 is 66.7 Å². The largest absolute Gasteiger partial charge is 0.476 e. The van der Waals surface area contributed by atoms with E-state index in [-0.39, 0.29) is 30.6 Å². The van der Waals surface area contributed by atoms with Crippen molar-refractivity contribution in [1.82, 2.24) is 16.0 Å². The van der Waals surface area contributed by atoms with Gasteiger partial charge in [0.2, 0.25) is 13.6 Å². The molecule has 404 valence electrons. The molecule has 2 atom stereocenters. The molecule has 4 aromatic rings. The molecule has 21 heteroatoms. The SMILES string of the molecule is CCC(N)C(=O)OCOC(=O)C(C)(C)Oc1ccc(CCNC(=O)c2ccc(Cl)cc2)cc1.CCC(NC(=O)OC(C)(C)C)C(=O)OCOC(=O)C(C)(C)Oc1ccc(CCNC(=O)c2ccc(Cl)cc2)cc1.Cl. The number of hydrogen-bond donors (Lipinski definition) is 4. The number of halogens is 3. The van der Waals surface area contributed by atoms with Gasteiger partial charge in [-0.15, -0.1) is 12.4 Å². The van der Waals surface area contributed by atoms with Gasteiger partial charge in [-0.2, -0.15) is 0 Å². The minimum absolute atomic E-state index is 0. The van der Waals surface area contributed by atoms with Crippen molar-refractivity contribution in [2.75, 3.05) is 26.7 Å². The summed E-state index contributed by atoms with van der Waals surface area (Å²) in [6.07, 6.45) is 1.14. The van der Waals surface area contributed by atoms with Crippen LogP contribution in [-0.4, -0.2) is 97.3 Å². The number of alkyl carbamates (subject to hydrolysis) is 1. The third-order valence-electron chi connectivity index (χ3n) is 10.1. The number of carbonyl (C=O) groups excluding carboxylic acids is 7. The molecule has 0 aliphatic rings. The van der Waals surface area contributed by atoms with E-state index in [1.807, 2.05) is 24.3 Å². The van der Waals surface area contributed by atoms with Gasteiger partial charge in [-0.25, -0.2) is 19.2 Å². The lowest BCUT2D eigenvalue weighted by molar-refractivity contribution is -0.179. The monoisotopic (exact) mass is 1090 g/mol. The number of amides is 3. The van der Waals surface area contributed by atoms with Gasteiger partial charge in [0.25, 0.3) is 11.8 Å². The van der Waals surface area contributed by atoms with E-state index in [2.05, 4.69) is 16.0 Å². The molecule has 4 rings (SSSR count). The van der Waals surface area contributed by atoms with Gasteiger partial charge < -0.3 is 54.8 Å². The van der Waals surface area contributed by atoms with E-state index < -0.39 is 72.4 Å². The highest BCUT2D eigenvalue weighted by Crippen LogP contribution is 2.22. The van der Waals surface area contributed by atoms with E-state index in [4.69, 9.17) is 62.1 Å². The van der Waals surface area contributed by atoms with Crippen LogP contribution >= 0.6 is 35.6 Å². The number of nitrogens with two attached hydrogens (primary N) is 1. The summed E-state index contributed by atoms with van der Waals surface area (Å²) in [4.78, 5) is 84.9. The molecule has 0 saturated heterocycles. The molecule has 4 aromatic carbocycles. The van der Waals surface area contributed by atoms with E-state index in [1.165, 1.54) is 13.8 Å². The van der Waals surface area contributed by atoms with Crippen molar-refractivity contribution in [3.8, 4) is 11.5 Å². The zero-order chi connectivity index (χ0) is 54.4. The van der Waals surface area contributed by atoms with Crippen LogP contribution in [0.25, 0.3) is 0 Å². The van der Waals surface area contributed by atoms with Crippen LogP contribution in [0.1, 0.15) is 107 Å². The number of ether oxygens (including phenoxy) is 7. The highest BCUT2D eigenvalue weighted by molar-refractivity contribution is 6.31. The zero-order valence-electron chi connectivity index (χ0n) is 43.0. The predicted octanol–water partition coefficient (Wildman–Crippen LogP) is 8.49. The van der Waals surface area contributed by atoms with Crippen LogP contribution in [0.5, 0.6) is 11.5 Å². The third kappa shape index (κ3) is 23.1. The van der Waals surface area contributed by atoms with Crippen LogP contribution in [-0.2, 0) is 55.7 Å². The molecule has 0 spiro atoms. The van der Waals surface area contributed by atoms with Gasteiger partial charge in [0.1, 0.15) is 29.2 Å². The summed E-state index contributed by atoms with van der Waals surface area (Å²) in [5.41, 5.74) is 5.17. The lowest BCUT2D eigenvalue weighted by atomic mass is 10.1. The number of nitrogens with one attached hydrogen (secondary N) is 3. The zero-order valence-corrected chi connectivity index (χ0v) is 45.3. The Morgan fingerprint density at radius 2 is 0.919 bits per heavy atom. The van der Waals surface area contributed by atoms with Crippen LogP contribution < -0.4 is 31.2 Å². The number of esters is 4. The Bertz CT molecular complexity index is 2450. The second-order valence-corrected chi connectivity index (χ2v) is 19.1. The van der Waals surface area contributed by atoms with E-state index in [0.717, 1.165) is 11.1 Å². The van der Waals surface area contributed by atoms with Crippen LogP contribution in [0.4, 0.5) is 4.79 Å². The maximum atomic E-state index is 12.6. The summed E-state index contributed by atoms with van der Waals surface area (Å²) in [5.74, 6) is -2.29. The molecular weight excluding hydrogens is 1020 g/mol. The Hall–Kier alpha value is -6.60. The van der Waals surface area contributed by atoms with Gasteiger partial charge in [0.15, 0.2) is 11.2 Å². The Kier molecular flexibility index (Phi) is 26.2. The van der Waals surface area contributed by atoms with E-state index >= 15 is 0 Å². The summed E-state index contributed by atoms with van der Waals surface area (Å²) in [6, 6.07) is 25.8. The molecule has 5 N–H and O–H groups in total. The Labute approximate surface area is 448 Å². The van der Waals surface area contributed by atoms with Crippen molar-refractivity contribution >= 4 is 77.4 Å². The molecule has 2 unspecified atom stereocenters. The summed E-state index contributed by atoms with van der Waals surface area (Å²) >= 11 is 11.7. The van der Waals surface area contributed by atoms with Gasteiger partial charge in [-0.05, 0) is 158 Å². The third-order valence-corrected chi connectivity index (χ3v) is 10.6. The second kappa shape index (κ2) is 30.6. The summed E-state index contributed by atoms with van der Waals surface area (Å²) < 4.78 is 36.5. The average molecular weight is 1090 g/mol. The second-order valence-electron chi connectivity index (χ2n) is 18.2. The fourth-order valence-electron chi connectivity index (χ4n) is 5.95. The molecule has 0 aromatic heterocycles. The summed E-state index contributed by atoms with van der Waals surface area (Å²) in [6.45, 7) is 14.4. The molecule has 0 heterocycles. The minimum Gasteiger partial charge on any atom is -0.476 e. The lowest BCUT2D eigenvalue weighted by Crippen LogP contribution is -2.44. The van der Waals surface area contributed by atoms with Crippen LogP contribution in [0, 0.1) is 0 Å². The molecular formula is C53H67Cl3N4O14.